The molecule has 0 aromatic heterocycles. The average molecular weight is 470 g/mol. The molecule has 0 atom stereocenters. The number of halogens is 1. The van der Waals surface area contributed by atoms with Gasteiger partial charge in [-0.25, -0.2) is 0 Å². The van der Waals surface area contributed by atoms with Crippen molar-refractivity contribution in [3.05, 3.63) is 113 Å². The van der Waals surface area contributed by atoms with Crippen LogP contribution in [0.15, 0.2) is 108 Å². The van der Waals surface area contributed by atoms with Gasteiger partial charge >= 0.3 is 0 Å². The Morgan fingerprint density at radius 1 is 0.613 bits per heavy atom. The molecule has 0 bridgehead atoms. The van der Waals surface area contributed by atoms with Gasteiger partial charge in [0.15, 0.2) is 0 Å². The molecule has 0 N–H and O–H groups in total. The summed E-state index contributed by atoms with van der Waals surface area (Å²) in [5, 5.41) is 0. The Morgan fingerprint density at radius 2 is 1.26 bits per heavy atom. The monoisotopic (exact) mass is 469 g/mol. The van der Waals surface area contributed by atoms with Gasteiger partial charge in [-0.05, 0) is 78.1 Å². The van der Waals surface area contributed by atoms with E-state index in [4.69, 9.17) is 0 Å². The molecule has 0 aliphatic rings. The van der Waals surface area contributed by atoms with Gasteiger partial charge in [0.05, 0.1) is 0 Å². The van der Waals surface area contributed by atoms with Gasteiger partial charge in [-0.2, -0.15) is 0 Å². The van der Waals surface area contributed by atoms with Gasteiger partial charge in [-0.15, -0.1) is 0 Å². The molecular weight excluding hydrogens is 442 g/mol. The molecule has 2 heteroatoms. The molecule has 0 aliphatic carbocycles. The summed E-state index contributed by atoms with van der Waals surface area (Å²) in [5.41, 5.74) is 7.34. The van der Waals surface area contributed by atoms with E-state index in [9.17, 15) is 0 Å². The van der Waals surface area contributed by atoms with Crippen molar-refractivity contribution in [2.75, 3.05) is 4.90 Å². The maximum atomic E-state index is 3.58. The van der Waals surface area contributed by atoms with E-state index in [1.165, 1.54) is 41.6 Å². The summed E-state index contributed by atoms with van der Waals surface area (Å²) in [5.74, 6) is 0. The second kappa shape index (κ2) is 10.5. The first-order valence-corrected chi connectivity index (χ1v) is 11.8. The normalized spacial score (nSPS) is 10.8. The third kappa shape index (κ3) is 5.45. The van der Waals surface area contributed by atoms with Gasteiger partial charge in [0, 0.05) is 21.5 Å². The Kier molecular flexibility index (Phi) is 7.22. The molecule has 0 fully saturated rings. The number of aryl methyl sites for hydroxylation is 1. The topological polar surface area (TPSA) is 3.24 Å². The molecule has 0 heterocycles. The summed E-state index contributed by atoms with van der Waals surface area (Å²) >= 11 is 3.58. The van der Waals surface area contributed by atoms with Crippen LogP contribution in [0.3, 0.4) is 0 Å². The van der Waals surface area contributed by atoms with Gasteiger partial charge in [-0.1, -0.05) is 90.3 Å². The molecule has 4 rings (SSSR count). The van der Waals surface area contributed by atoms with Crippen LogP contribution in [0.5, 0.6) is 0 Å². The quantitative estimate of drug-likeness (QED) is 0.232. The second-order valence-corrected chi connectivity index (χ2v) is 8.77. The number of nitrogens with zero attached hydrogens (tertiary/aromatic N) is 1. The van der Waals surface area contributed by atoms with E-state index < -0.39 is 0 Å². The Labute approximate surface area is 194 Å². The fourth-order valence-corrected chi connectivity index (χ4v) is 4.29. The number of unbranched alkanes of at least 4 members (excludes halogenated alkanes) is 2. The van der Waals surface area contributed by atoms with Crippen LogP contribution in [0.25, 0.3) is 11.1 Å². The lowest BCUT2D eigenvalue weighted by Crippen LogP contribution is -2.09. The van der Waals surface area contributed by atoms with E-state index in [-0.39, 0.29) is 0 Å². The van der Waals surface area contributed by atoms with Crippen molar-refractivity contribution in [2.24, 2.45) is 0 Å². The average Bonchev–Trinajstić information content (AvgIpc) is 2.82. The predicted molar refractivity (Wildman–Crippen MR) is 137 cm³/mol. The van der Waals surface area contributed by atoms with Crippen molar-refractivity contribution < 1.29 is 0 Å². The minimum atomic E-state index is 1.10. The minimum absolute atomic E-state index is 1.10. The summed E-state index contributed by atoms with van der Waals surface area (Å²) < 4.78 is 1.10. The molecule has 0 unspecified atom stereocenters. The third-order valence-corrected chi connectivity index (χ3v) is 6.05. The fourth-order valence-electron chi connectivity index (χ4n) is 3.89. The van der Waals surface area contributed by atoms with Crippen LogP contribution in [0.2, 0.25) is 0 Å². The third-order valence-electron chi connectivity index (χ3n) is 5.56. The first kappa shape index (κ1) is 21.4. The summed E-state index contributed by atoms with van der Waals surface area (Å²) in [4.78, 5) is 2.32. The Hall–Kier alpha value is -2.84. The molecule has 0 amide bonds. The summed E-state index contributed by atoms with van der Waals surface area (Å²) in [6, 6.07) is 36.9. The van der Waals surface area contributed by atoms with E-state index in [1.54, 1.807) is 0 Å². The number of benzene rings is 4. The largest absolute Gasteiger partial charge is 0.311 e. The molecule has 1 nitrogen and oxygen atoms in total. The standard InChI is InChI=1S/C29H28BrN/c1-2-3-5-9-23-14-18-28(19-15-23)31(27-12-6-4-7-13-27)29-20-16-24(17-21-29)25-10-8-11-26(30)22-25/h4,6-8,10-22H,2-3,5,9H2,1H3. The highest BCUT2D eigenvalue weighted by Gasteiger charge is 2.12. The molecule has 0 spiro atoms. The Balaban J connectivity index is 1.64. The van der Waals surface area contributed by atoms with Crippen molar-refractivity contribution in [3.63, 3.8) is 0 Å². The smallest absolute Gasteiger partial charge is 0.0462 e. The van der Waals surface area contributed by atoms with E-state index in [0.29, 0.717) is 0 Å². The zero-order valence-corrected chi connectivity index (χ0v) is 19.6. The highest BCUT2D eigenvalue weighted by atomic mass is 79.9. The number of anilines is 3. The molecule has 0 saturated carbocycles. The number of para-hydroxylation sites is 1. The van der Waals surface area contributed by atoms with Gasteiger partial charge in [0.25, 0.3) is 0 Å². The van der Waals surface area contributed by atoms with Crippen LogP contribution >= 0.6 is 15.9 Å². The van der Waals surface area contributed by atoms with E-state index >= 15 is 0 Å². The minimum Gasteiger partial charge on any atom is -0.311 e. The number of hydrogen-bond acceptors (Lipinski definition) is 1. The molecule has 0 saturated heterocycles. The second-order valence-electron chi connectivity index (χ2n) is 7.85. The van der Waals surface area contributed by atoms with E-state index in [2.05, 4.69) is 131 Å². The van der Waals surface area contributed by atoms with Crippen molar-refractivity contribution >= 4 is 33.0 Å². The van der Waals surface area contributed by atoms with Gasteiger partial charge in [0.2, 0.25) is 0 Å². The maximum Gasteiger partial charge on any atom is 0.0462 e. The van der Waals surface area contributed by atoms with Crippen LogP contribution < -0.4 is 4.90 Å². The Bertz CT molecular complexity index is 1090. The van der Waals surface area contributed by atoms with Crippen LogP contribution in [0, 0.1) is 0 Å². The summed E-state index contributed by atoms with van der Waals surface area (Å²) in [6.45, 7) is 2.25. The molecule has 156 valence electrons. The SMILES string of the molecule is CCCCCc1ccc(N(c2ccccc2)c2ccc(-c3cccc(Br)c3)cc2)cc1. The highest BCUT2D eigenvalue weighted by molar-refractivity contribution is 9.10. The van der Waals surface area contributed by atoms with Gasteiger partial charge < -0.3 is 4.90 Å². The first-order valence-electron chi connectivity index (χ1n) is 11.0. The van der Waals surface area contributed by atoms with Crippen LogP contribution in [-0.2, 0) is 6.42 Å². The molecule has 31 heavy (non-hydrogen) atoms. The summed E-state index contributed by atoms with van der Waals surface area (Å²) in [7, 11) is 0. The van der Waals surface area contributed by atoms with Crippen molar-refractivity contribution in [1.29, 1.82) is 0 Å². The lowest BCUT2D eigenvalue weighted by Gasteiger charge is -2.26. The van der Waals surface area contributed by atoms with Crippen molar-refractivity contribution in [1.82, 2.24) is 0 Å². The van der Waals surface area contributed by atoms with Crippen LogP contribution in [-0.4, -0.2) is 0 Å². The van der Waals surface area contributed by atoms with Crippen LogP contribution in [0.4, 0.5) is 17.1 Å². The lowest BCUT2D eigenvalue weighted by atomic mass is 10.0. The predicted octanol–water partition coefficient (Wildman–Crippen LogP) is 9.32. The molecule has 4 aromatic carbocycles. The Morgan fingerprint density at radius 3 is 1.90 bits per heavy atom. The van der Waals surface area contributed by atoms with Crippen LogP contribution in [0.1, 0.15) is 31.7 Å². The number of rotatable bonds is 8. The lowest BCUT2D eigenvalue weighted by molar-refractivity contribution is 0.717. The molecule has 0 aliphatic heterocycles. The van der Waals surface area contributed by atoms with Crippen molar-refractivity contribution in [3.8, 4) is 11.1 Å². The summed E-state index contributed by atoms with van der Waals surface area (Å²) in [6.07, 6.45) is 4.97. The van der Waals surface area contributed by atoms with Crippen molar-refractivity contribution in [2.45, 2.75) is 32.6 Å². The highest BCUT2D eigenvalue weighted by Crippen LogP contribution is 2.35. The first-order chi connectivity index (χ1) is 15.2. The number of hydrogen-bond donors (Lipinski definition) is 0. The maximum absolute atomic E-state index is 3.58. The zero-order chi connectivity index (χ0) is 21.5. The van der Waals surface area contributed by atoms with E-state index in [1.807, 2.05) is 0 Å². The van der Waals surface area contributed by atoms with Gasteiger partial charge in [0.1, 0.15) is 0 Å². The van der Waals surface area contributed by atoms with Gasteiger partial charge in [-0.3, -0.25) is 0 Å². The zero-order valence-electron chi connectivity index (χ0n) is 18.0. The van der Waals surface area contributed by atoms with E-state index in [0.717, 1.165) is 22.3 Å². The fraction of sp³-hybridized carbons (Fsp3) is 0.172. The molecule has 4 aromatic rings. The molecular formula is C29H28BrN. The molecule has 0 radical (unpaired) electrons.